The Morgan fingerprint density at radius 1 is 1.11 bits per heavy atom. The summed E-state index contributed by atoms with van der Waals surface area (Å²) >= 11 is 0. The minimum absolute atomic E-state index is 0.210. The molecule has 1 aromatic carbocycles. The van der Waals surface area contributed by atoms with Crippen LogP contribution in [0.5, 0.6) is 0 Å². The molecule has 1 saturated carbocycles. The molecule has 1 aromatic rings. The van der Waals surface area contributed by atoms with Crippen LogP contribution >= 0.6 is 0 Å². The van der Waals surface area contributed by atoms with Gasteiger partial charge in [-0.15, -0.1) is 0 Å². The number of rotatable bonds is 3. The van der Waals surface area contributed by atoms with Gasteiger partial charge < -0.3 is 0 Å². The molecular weight excluding hydrogens is 232 g/mol. The Labute approximate surface area is 117 Å². The highest BCUT2D eigenvalue weighted by Gasteiger charge is 2.37. The molecule has 2 nitrogen and oxygen atoms in total. The molecule has 0 bridgehead atoms. The maximum Gasteiger partial charge on any atom is 0.0513 e. The van der Waals surface area contributed by atoms with Crippen molar-refractivity contribution in [1.29, 1.82) is 0 Å². The fourth-order valence-electron chi connectivity index (χ4n) is 3.35. The molecule has 0 aromatic heterocycles. The minimum atomic E-state index is 0.210. The van der Waals surface area contributed by atoms with Crippen LogP contribution in [0.1, 0.15) is 70.5 Å². The van der Waals surface area contributed by atoms with E-state index in [1.54, 1.807) is 0 Å². The Hall–Kier alpha value is -0.860. The normalized spacial score (nSPS) is 20.5. The second kappa shape index (κ2) is 5.26. The molecule has 0 amide bonds. The fourth-order valence-corrected chi connectivity index (χ4v) is 3.35. The van der Waals surface area contributed by atoms with Crippen molar-refractivity contribution in [2.24, 2.45) is 11.3 Å². The molecule has 2 rings (SSSR count). The van der Waals surface area contributed by atoms with E-state index in [0.29, 0.717) is 5.41 Å². The molecule has 1 fully saturated rings. The molecule has 0 heterocycles. The molecule has 0 saturated heterocycles. The van der Waals surface area contributed by atoms with Gasteiger partial charge in [0.2, 0.25) is 0 Å². The molecule has 0 spiro atoms. The predicted octanol–water partition coefficient (Wildman–Crippen LogP) is 4.07. The van der Waals surface area contributed by atoms with E-state index in [9.17, 15) is 0 Å². The Kier molecular flexibility index (Phi) is 4.03. The van der Waals surface area contributed by atoms with Gasteiger partial charge in [0, 0.05) is 0 Å². The van der Waals surface area contributed by atoms with Crippen LogP contribution in [0, 0.1) is 5.41 Å². The van der Waals surface area contributed by atoms with Crippen LogP contribution in [0.3, 0.4) is 0 Å². The van der Waals surface area contributed by atoms with Crippen molar-refractivity contribution in [3.8, 4) is 0 Å². The first-order chi connectivity index (χ1) is 8.87. The lowest BCUT2D eigenvalue weighted by atomic mass is 9.77. The summed E-state index contributed by atoms with van der Waals surface area (Å²) in [6.07, 6.45) is 5.19. The van der Waals surface area contributed by atoms with E-state index < -0.39 is 0 Å². The first kappa shape index (κ1) is 14.5. The van der Waals surface area contributed by atoms with Gasteiger partial charge in [0.25, 0.3) is 0 Å². The molecule has 1 unspecified atom stereocenters. The number of hydrogen-bond donors (Lipinski definition) is 2. The van der Waals surface area contributed by atoms with Gasteiger partial charge in [0.1, 0.15) is 0 Å². The van der Waals surface area contributed by atoms with E-state index in [1.807, 2.05) is 0 Å². The molecule has 2 heteroatoms. The SMILES string of the molecule is CC(C)(C)c1ccc(C(NN)C2(C)CCCC2)cc1. The molecule has 1 aliphatic carbocycles. The zero-order chi connectivity index (χ0) is 14.1. The van der Waals surface area contributed by atoms with E-state index in [4.69, 9.17) is 5.84 Å². The third kappa shape index (κ3) is 3.01. The highest BCUT2D eigenvalue weighted by atomic mass is 15.2. The van der Waals surface area contributed by atoms with Crippen LogP contribution in [0.25, 0.3) is 0 Å². The van der Waals surface area contributed by atoms with Gasteiger partial charge in [-0.3, -0.25) is 11.3 Å². The summed E-state index contributed by atoms with van der Waals surface area (Å²) in [4.78, 5) is 0. The van der Waals surface area contributed by atoms with Crippen molar-refractivity contribution >= 4 is 0 Å². The van der Waals surface area contributed by atoms with Crippen LogP contribution in [-0.2, 0) is 5.41 Å². The van der Waals surface area contributed by atoms with Crippen molar-refractivity contribution in [3.63, 3.8) is 0 Å². The molecule has 106 valence electrons. The summed E-state index contributed by atoms with van der Waals surface area (Å²) in [6.45, 7) is 9.11. The average molecular weight is 260 g/mol. The van der Waals surface area contributed by atoms with Crippen LogP contribution in [0.2, 0.25) is 0 Å². The maximum atomic E-state index is 5.84. The Bertz CT molecular complexity index is 408. The summed E-state index contributed by atoms with van der Waals surface area (Å²) in [5.74, 6) is 5.84. The first-order valence-corrected chi connectivity index (χ1v) is 7.43. The van der Waals surface area contributed by atoms with E-state index >= 15 is 0 Å². The zero-order valence-electron chi connectivity index (χ0n) is 12.8. The lowest BCUT2D eigenvalue weighted by Gasteiger charge is -2.34. The number of hydrogen-bond acceptors (Lipinski definition) is 2. The Balaban J connectivity index is 2.24. The highest BCUT2D eigenvalue weighted by molar-refractivity contribution is 5.30. The van der Waals surface area contributed by atoms with E-state index in [1.165, 1.54) is 36.8 Å². The van der Waals surface area contributed by atoms with Crippen LogP contribution in [0.4, 0.5) is 0 Å². The summed E-state index contributed by atoms with van der Waals surface area (Å²) in [5.41, 5.74) is 6.27. The molecule has 19 heavy (non-hydrogen) atoms. The van der Waals surface area contributed by atoms with Gasteiger partial charge in [-0.05, 0) is 34.8 Å². The van der Waals surface area contributed by atoms with Gasteiger partial charge in [0.05, 0.1) is 6.04 Å². The van der Waals surface area contributed by atoms with E-state index in [-0.39, 0.29) is 11.5 Å². The van der Waals surface area contributed by atoms with Crippen molar-refractivity contribution < 1.29 is 0 Å². The molecule has 1 aliphatic rings. The maximum absolute atomic E-state index is 5.84. The smallest absolute Gasteiger partial charge is 0.0513 e. The number of hydrazine groups is 1. The lowest BCUT2D eigenvalue weighted by Crippen LogP contribution is -2.38. The number of nitrogens with one attached hydrogen (secondary N) is 1. The lowest BCUT2D eigenvalue weighted by molar-refractivity contribution is 0.225. The van der Waals surface area contributed by atoms with Gasteiger partial charge >= 0.3 is 0 Å². The van der Waals surface area contributed by atoms with Gasteiger partial charge in [-0.2, -0.15) is 0 Å². The summed E-state index contributed by atoms with van der Waals surface area (Å²) in [5, 5.41) is 0. The standard InChI is InChI=1S/C17H28N2/c1-16(2,3)14-9-7-13(8-10-14)15(19-18)17(4)11-5-6-12-17/h7-10,15,19H,5-6,11-12,18H2,1-4H3. The monoisotopic (exact) mass is 260 g/mol. The Morgan fingerprint density at radius 3 is 2.05 bits per heavy atom. The third-order valence-electron chi connectivity index (χ3n) is 4.72. The van der Waals surface area contributed by atoms with Crippen LogP contribution in [0.15, 0.2) is 24.3 Å². The third-order valence-corrected chi connectivity index (χ3v) is 4.72. The first-order valence-electron chi connectivity index (χ1n) is 7.43. The minimum Gasteiger partial charge on any atom is -0.271 e. The van der Waals surface area contributed by atoms with Crippen molar-refractivity contribution in [2.75, 3.05) is 0 Å². The van der Waals surface area contributed by atoms with Crippen molar-refractivity contribution in [2.45, 2.75) is 64.8 Å². The molecule has 0 radical (unpaired) electrons. The second-order valence-corrected chi connectivity index (χ2v) is 7.33. The summed E-state index contributed by atoms with van der Waals surface area (Å²) in [7, 11) is 0. The summed E-state index contributed by atoms with van der Waals surface area (Å²) < 4.78 is 0. The quantitative estimate of drug-likeness (QED) is 0.635. The average Bonchev–Trinajstić information content (AvgIpc) is 2.77. The topological polar surface area (TPSA) is 38.0 Å². The number of benzene rings is 1. The number of nitrogens with two attached hydrogens (primary N) is 1. The fraction of sp³-hybridized carbons (Fsp3) is 0.647. The van der Waals surface area contributed by atoms with E-state index in [0.717, 1.165) is 0 Å². The Morgan fingerprint density at radius 2 is 1.63 bits per heavy atom. The largest absolute Gasteiger partial charge is 0.271 e. The molecular formula is C17H28N2. The predicted molar refractivity (Wildman–Crippen MR) is 81.8 cm³/mol. The highest BCUT2D eigenvalue weighted by Crippen LogP contribution is 2.46. The van der Waals surface area contributed by atoms with Crippen LogP contribution in [-0.4, -0.2) is 0 Å². The van der Waals surface area contributed by atoms with Gasteiger partial charge in [0.15, 0.2) is 0 Å². The van der Waals surface area contributed by atoms with Crippen molar-refractivity contribution in [3.05, 3.63) is 35.4 Å². The van der Waals surface area contributed by atoms with E-state index in [2.05, 4.69) is 57.4 Å². The second-order valence-electron chi connectivity index (χ2n) is 7.33. The van der Waals surface area contributed by atoms with Crippen LogP contribution < -0.4 is 11.3 Å². The molecule has 3 N–H and O–H groups in total. The van der Waals surface area contributed by atoms with Gasteiger partial charge in [-0.25, -0.2) is 0 Å². The summed E-state index contributed by atoms with van der Waals surface area (Å²) in [6, 6.07) is 9.25. The van der Waals surface area contributed by atoms with Crippen molar-refractivity contribution in [1.82, 2.24) is 5.43 Å². The zero-order valence-corrected chi connectivity index (χ0v) is 12.8. The molecule has 0 aliphatic heterocycles. The van der Waals surface area contributed by atoms with Gasteiger partial charge in [-0.1, -0.05) is 64.8 Å². The molecule has 1 atom stereocenters.